The van der Waals surface area contributed by atoms with Crippen molar-refractivity contribution in [3.8, 4) is 11.4 Å². The maximum atomic E-state index is 13.9. The molecular weight excluding hydrogens is 438 g/mol. The van der Waals surface area contributed by atoms with Crippen molar-refractivity contribution in [2.75, 3.05) is 18.6 Å². The summed E-state index contributed by atoms with van der Waals surface area (Å²) < 4.78 is 7.44. The van der Waals surface area contributed by atoms with Crippen LogP contribution in [0, 0.1) is 0 Å². The lowest BCUT2D eigenvalue weighted by Gasteiger charge is -2.40. The number of alkyl halides is 1. The van der Waals surface area contributed by atoms with Crippen LogP contribution in [0.3, 0.4) is 0 Å². The van der Waals surface area contributed by atoms with Gasteiger partial charge in [-0.1, -0.05) is 24.3 Å². The number of carbonyl (C=O) groups excluding carboxylic acids is 2. The molecule has 1 aliphatic heterocycles. The summed E-state index contributed by atoms with van der Waals surface area (Å²) in [5, 5.41) is -0.705. The third-order valence-corrected chi connectivity index (χ3v) is 6.16. The number of ether oxygens (including phenoxy) is 1. The number of fused-ring (bicyclic) bond motifs is 3. The van der Waals surface area contributed by atoms with Crippen molar-refractivity contribution in [3.05, 3.63) is 78.1 Å². The van der Waals surface area contributed by atoms with Crippen molar-refractivity contribution in [1.82, 2.24) is 9.47 Å². The highest BCUT2D eigenvalue weighted by Gasteiger charge is 2.37. The van der Waals surface area contributed by atoms with Crippen molar-refractivity contribution in [3.63, 3.8) is 0 Å². The van der Waals surface area contributed by atoms with Gasteiger partial charge in [0.25, 0.3) is 0 Å². The fourth-order valence-corrected chi connectivity index (χ4v) is 4.45. The van der Waals surface area contributed by atoms with Crippen molar-refractivity contribution in [2.45, 2.75) is 38.2 Å². The molecule has 0 spiro atoms. The second-order valence-electron chi connectivity index (χ2n) is 8.41. The lowest BCUT2D eigenvalue weighted by atomic mass is 9.97. The van der Waals surface area contributed by atoms with Gasteiger partial charge in [-0.05, 0) is 62.7 Å². The Balaban J connectivity index is 1.82. The van der Waals surface area contributed by atoms with Gasteiger partial charge >= 0.3 is 0 Å². The molecule has 2 unspecified atom stereocenters. The van der Waals surface area contributed by atoms with Crippen LogP contribution >= 0.6 is 11.6 Å². The Hall–Kier alpha value is -3.25. The smallest absolute Gasteiger partial charge is 0.247 e. The van der Waals surface area contributed by atoms with E-state index in [9.17, 15) is 9.59 Å². The summed E-state index contributed by atoms with van der Waals surface area (Å²) in [4.78, 5) is 30.0. The van der Waals surface area contributed by atoms with Gasteiger partial charge < -0.3 is 14.2 Å². The Morgan fingerprint density at radius 3 is 2.27 bits per heavy atom. The second kappa shape index (κ2) is 9.32. The molecule has 0 saturated carbocycles. The standard InChI is InChI=1S/C26H28ClN3O3/c1-17(2)29(26(32)18(3)27)16-24(31)30-22-9-6-5-8-21(22)28-15-7-10-23(28)25(30)19-11-13-20(33-4)14-12-19/h5-15,17-18,25H,16H2,1-4H3. The summed E-state index contributed by atoms with van der Waals surface area (Å²) in [6, 6.07) is 19.0. The van der Waals surface area contributed by atoms with Gasteiger partial charge in [-0.15, -0.1) is 11.6 Å². The average Bonchev–Trinajstić information content (AvgIpc) is 3.31. The Labute approximate surface area is 199 Å². The van der Waals surface area contributed by atoms with Crippen LogP contribution in [0.4, 0.5) is 5.69 Å². The number of hydrogen-bond acceptors (Lipinski definition) is 3. The Morgan fingerprint density at radius 1 is 1.00 bits per heavy atom. The Kier molecular flexibility index (Phi) is 6.47. The van der Waals surface area contributed by atoms with Gasteiger partial charge in [0.05, 0.1) is 24.2 Å². The maximum absolute atomic E-state index is 13.9. The molecule has 0 bridgehead atoms. The molecule has 1 aromatic heterocycles. The Bertz CT molecular complexity index is 1150. The summed E-state index contributed by atoms with van der Waals surface area (Å²) in [5.74, 6) is 0.320. The maximum Gasteiger partial charge on any atom is 0.247 e. The van der Waals surface area contributed by atoms with Crippen molar-refractivity contribution in [2.24, 2.45) is 0 Å². The third kappa shape index (κ3) is 4.23. The molecule has 0 N–H and O–H groups in total. The topological polar surface area (TPSA) is 54.8 Å². The molecule has 0 saturated heterocycles. The number of benzene rings is 2. The number of halogens is 1. The highest BCUT2D eigenvalue weighted by Crippen LogP contribution is 2.42. The van der Waals surface area contributed by atoms with Gasteiger partial charge in [0.2, 0.25) is 11.8 Å². The first-order valence-corrected chi connectivity index (χ1v) is 11.4. The van der Waals surface area contributed by atoms with Crippen LogP contribution in [0.2, 0.25) is 0 Å². The van der Waals surface area contributed by atoms with Crippen molar-refractivity contribution < 1.29 is 14.3 Å². The van der Waals surface area contributed by atoms with Crippen LogP contribution in [-0.4, -0.2) is 46.4 Å². The minimum absolute atomic E-state index is 0.0603. The number of methoxy groups -OCH3 is 1. The van der Waals surface area contributed by atoms with Gasteiger partial charge in [-0.2, -0.15) is 0 Å². The molecular formula is C26H28ClN3O3. The lowest BCUT2D eigenvalue weighted by Crippen LogP contribution is -2.50. The van der Waals surface area contributed by atoms with Crippen LogP contribution < -0.4 is 9.64 Å². The fourth-order valence-electron chi connectivity index (χ4n) is 4.33. The molecule has 0 aliphatic carbocycles. The summed E-state index contributed by atoms with van der Waals surface area (Å²) in [7, 11) is 1.63. The van der Waals surface area contributed by atoms with Crippen molar-refractivity contribution in [1.29, 1.82) is 0 Å². The molecule has 3 aromatic rings. The molecule has 1 aliphatic rings. The predicted octanol–water partition coefficient (Wildman–Crippen LogP) is 4.79. The zero-order valence-corrected chi connectivity index (χ0v) is 20.0. The second-order valence-corrected chi connectivity index (χ2v) is 9.06. The van der Waals surface area contributed by atoms with E-state index in [4.69, 9.17) is 16.3 Å². The number of anilines is 1. The number of para-hydroxylation sites is 2. The van der Waals surface area contributed by atoms with E-state index in [1.54, 1.807) is 23.8 Å². The largest absolute Gasteiger partial charge is 0.497 e. The van der Waals surface area contributed by atoms with Crippen LogP contribution in [0.25, 0.3) is 5.69 Å². The number of nitrogens with zero attached hydrogens (tertiary/aromatic N) is 3. The number of rotatable bonds is 6. The summed E-state index contributed by atoms with van der Waals surface area (Å²) in [6.07, 6.45) is 2.01. The number of aromatic nitrogens is 1. The number of hydrogen-bond donors (Lipinski definition) is 0. The van der Waals surface area contributed by atoms with Crippen molar-refractivity contribution >= 4 is 29.1 Å². The molecule has 2 atom stereocenters. The molecule has 2 amide bonds. The van der Waals surface area contributed by atoms with E-state index < -0.39 is 5.38 Å². The predicted molar refractivity (Wildman–Crippen MR) is 130 cm³/mol. The summed E-state index contributed by atoms with van der Waals surface area (Å²) >= 11 is 6.09. The van der Waals surface area contributed by atoms with E-state index in [2.05, 4.69) is 4.57 Å². The normalized spacial score (nSPS) is 15.6. The zero-order chi connectivity index (χ0) is 23.7. The first kappa shape index (κ1) is 22.9. The molecule has 2 heterocycles. The van der Waals surface area contributed by atoms with E-state index >= 15 is 0 Å². The van der Waals surface area contributed by atoms with E-state index in [0.717, 1.165) is 28.4 Å². The van der Waals surface area contributed by atoms with Crippen LogP contribution in [0.5, 0.6) is 5.75 Å². The van der Waals surface area contributed by atoms with Gasteiger partial charge in [0, 0.05) is 12.2 Å². The SMILES string of the molecule is COc1ccc(C2c3cccn3-c3ccccc3N2C(=O)CN(C(=O)C(C)Cl)C(C)C)cc1. The molecule has 7 heteroatoms. The summed E-state index contributed by atoms with van der Waals surface area (Å²) in [6.45, 7) is 5.35. The third-order valence-electron chi connectivity index (χ3n) is 5.97. The minimum atomic E-state index is -0.705. The van der Waals surface area contributed by atoms with Crippen LogP contribution in [-0.2, 0) is 9.59 Å². The lowest BCUT2D eigenvalue weighted by molar-refractivity contribution is -0.136. The van der Waals surface area contributed by atoms with E-state index in [1.807, 2.05) is 80.7 Å². The van der Waals surface area contributed by atoms with Crippen LogP contribution in [0.15, 0.2) is 66.9 Å². The minimum Gasteiger partial charge on any atom is -0.497 e. The number of carbonyl (C=O) groups is 2. The molecule has 6 nitrogen and oxygen atoms in total. The van der Waals surface area contributed by atoms with E-state index in [1.165, 1.54) is 0 Å². The van der Waals surface area contributed by atoms with Gasteiger partial charge in [-0.25, -0.2) is 0 Å². The van der Waals surface area contributed by atoms with Gasteiger partial charge in [0.1, 0.15) is 23.7 Å². The van der Waals surface area contributed by atoms with E-state index in [0.29, 0.717) is 0 Å². The van der Waals surface area contributed by atoms with E-state index in [-0.39, 0.29) is 30.4 Å². The van der Waals surface area contributed by atoms with Gasteiger partial charge in [-0.3, -0.25) is 14.5 Å². The molecule has 4 rings (SSSR count). The molecule has 0 radical (unpaired) electrons. The highest BCUT2D eigenvalue weighted by molar-refractivity contribution is 6.30. The first-order chi connectivity index (χ1) is 15.8. The average molecular weight is 466 g/mol. The highest BCUT2D eigenvalue weighted by atomic mass is 35.5. The quantitative estimate of drug-likeness (QED) is 0.492. The molecule has 2 aromatic carbocycles. The first-order valence-electron chi connectivity index (χ1n) is 11.0. The number of amides is 2. The summed E-state index contributed by atoms with van der Waals surface area (Å²) in [5.41, 5.74) is 3.64. The zero-order valence-electron chi connectivity index (χ0n) is 19.2. The molecule has 172 valence electrons. The Morgan fingerprint density at radius 2 is 1.67 bits per heavy atom. The molecule has 0 fully saturated rings. The van der Waals surface area contributed by atoms with Gasteiger partial charge in [0.15, 0.2) is 0 Å². The molecule has 33 heavy (non-hydrogen) atoms. The monoisotopic (exact) mass is 465 g/mol. The fraction of sp³-hybridized carbons (Fsp3) is 0.308. The van der Waals surface area contributed by atoms with Crippen LogP contribution in [0.1, 0.15) is 38.1 Å².